The molecule has 0 spiro atoms. The van der Waals surface area contributed by atoms with Gasteiger partial charge >= 0.3 is 0 Å². The molecule has 0 unspecified atom stereocenters. The second-order valence-electron chi connectivity index (χ2n) is 6.22. The van der Waals surface area contributed by atoms with Crippen LogP contribution in [0.1, 0.15) is 26.5 Å². The molecule has 1 aromatic heterocycles. The Balaban J connectivity index is 1.78. The van der Waals surface area contributed by atoms with Gasteiger partial charge in [-0.25, -0.2) is 4.39 Å². The quantitative estimate of drug-likeness (QED) is 0.385. The number of furan rings is 1. The lowest BCUT2D eigenvalue weighted by atomic mass is 10.1. The first kappa shape index (κ1) is 19.2. The molecule has 1 N–H and O–H groups in total. The number of ketones is 1. The molecule has 0 atom stereocenters. The van der Waals surface area contributed by atoms with Crippen LogP contribution in [0.3, 0.4) is 0 Å². The average molecular weight is 428 g/mol. The number of para-hydroxylation sites is 1. The molecule has 29 heavy (non-hydrogen) atoms. The third kappa shape index (κ3) is 3.75. The summed E-state index contributed by atoms with van der Waals surface area (Å²) in [4.78, 5) is 25.8. The average Bonchev–Trinajstić information content (AvgIpc) is 3.06. The molecule has 1 amide bonds. The van der Waals surface area contributed by atoms with E-state index in [0.717, 1.165) is 0 Å². The van der Waals surface area contributed by atoms with Gasteiger partial charge in [-0.1, -0.05) is 35.3 Å². The van der Waals surface area contributed by atoms with Gasteiger partial charge in [0, 0.05) is 16.0 Å². The van der Waals surface area contributed by atoms with Gasteiger partial charge in [0.15, 0.2) is 5.76 Å². The fourth-order valence-electron chi connectivity index (χ4n) is 2.92. The van der Waals surface area contributed by atoms with Crippen LogP contribution >= 0.6 is 23.2 Å². The van der Waals surface area contributed by atoms with Gasteiger partial charge in [0.1, 0.15) is 11.4 Å². The Morgan fingerprint density at radius 3 is 2.38 bits per heavy atom. The maximum atomic E-state index is 13.2. The van der Waals surface area contributed by atoms with Crippen LogP contribution in [0.4, 0.5) is 10.1 Å². The second-order valence-corrected chi connectivity index (χ2v) is 7.06. The van der Waals surface area contributed by atoms with Crippen molar-refractivity contribution >= 4 is 51.5 Å². The molecule has 0 aliphatic carbocycles. The smallest absolute Gasteiger partial charge is 0.257 e. The van der Waals surface area contributed by atoms with Gasteiger partial charge < -0.3 is 9.73 Å². The zero-order valence-corrected chi connectivity index (χ0v) is 16.2. The van der Waals surface area contributed by atoms with E-state index in [1.807, 2.05) is 0 Å². The highest BCUT2D eigenvalue weighted by Gasteiger charge is 2.24. The van der Waals surface area contributed by atoms with E-state index in [9.17, 15) is 14.0 Å². The SMILES string of the molecule is O=C(Nc1c(C(=O)c2ccc(F)cc2)oc2ccccc12)c1ccc(Cl)cc1Cl. The number of anilines is 1. The highest BCUT2D eigenvalue weighted by atomic mass is 35.5. The summed E-state index contributed by atoms with van der Waals surface area (Å²) >= 11 is 12.0. The summed E-state index contributed by atoms with van der Waals surface area (Å²) in [5.74, 6) is -1.53. The molecular weight excluding hydrogens is 416 g/mol. The zero-order valence-electron chi connectivity index (χ0n) is 14.7. The number of fused-ring (bicyclic) bond motifs is 1. The standard InChI is InChI=1S/C22H12Cl2FNO3/c23-13-7-10-15(17(24)11-13)22(28)26-19-16-3-1-2-4-18(16)29-21(19)20(27)12-5-8-14(25)9-6-12/h1-11H,(H,26,28). The predicted molar refractivity (Wildman–Crippen MR) is 110 cm³/mol. The maximum Gasteiger partial charge on any atom is 0.257 e. The van der Waals surface area contributed by atoms with E-state index in [-0.39, 0.29) is 27.6 Å². The number of hydrogen-bond donors (Lipinski definition) is 1. The first-order chi connectivity index (χ1) is 13.9. The van der Waals surface area contributed by atoms with Crippen molar-refractivity contribution in [2.24, 2.45) is 0 Å². The normalized spacial score (nSPS) is 10.9. The van der Waals surface area contributed by atoms with Crippen molar-refractivity contribution in [1.29, 1.82) is 0 Å². The van der Waals surface area contributed by atoms with E-state index >= 15 is 0 Å². The molecule has 0 radical (unpaired) electrons. The number of rotatable bonds is 4. The van der Waals surface area contributed by atoms with E-state index < -0.39 is 17.5 Å². The minimum absolute atomic E-state index is 0.0590. The molecule has 0 bridgehead atoms. The summed E-state index contributed by atoms with van der Waals surface area (Å²) in [7, 11) is 0. The predicted octanol–water partition coefficient (Wildman–Crippen LogP) is 6.36. The summed E-state index contributed by atoms with van der Waals surface area (Å²) < 4.78 is 18.9. The van der Waals surface area contributed by atoms with Crippen molar-refractivity contribution in [2.75, 3.05) is 5.32 Å². The molecule has 4 nitrogen and oxygen atoms in total. The molecule has 0 aliphatic heterocycles. The number of amides is 1. The number of benzene rings is 3. The van der Waals surface area contributed by atoms with Crippen molar-refractivity contribution < 1.29 is 18.4 Å². The lowest BCUT2D eigenvalue weighted by Gasteiger charge is -2.08. The maximum absolute atomic E-state index is 13.2. The minimum atomic E-state index is -0.522. The molecule has 3 aromatic carbocycles. The van der Waals surface area contributed by atoms with Crippen molar-refractivity contribution in [3.8, 4) is 0 Å². The van der Waals surface area contributed by atoms with Crippen molar-refractivity contribution in [1.82, 2.24) is 0 Å². The molecule has 4 aromatic rings. The van der Waals surface area contributed by atoms with Gasteiger partial charge in [-0.05, 0) is 54.6 Å². The lowest BCUT2D eigenvalue weighted by molar-refractivity contribution is 0.101. The van der Waals surface area contributed by atoms with E-state index in [4.69, 9.17) is 27.6 Å². The number of carbonyl (C=O) groups is 2. The monoisotopic (exact) mass is 427 g/mol. The van der Waals surface area contributed by atoms with Gasteiger partial charge in [-0.3, -0.25) is 9.59 Å². The third-order valence-corrected chi connectivity index (χ3v) is 4.87. The Morgan fingerprint density at radius 2 is 1.66 bits per heavy atom. The van der Waals surface area contributed by atoms with Gasteiger partial charge in [0.05, 0.1) is 16.3 Å². The molecule has 1 heterocycles. The van der Waals surface area contributed by atoms with E-state index in [0.29, 0.717) is 16.0 Å². The molecular formula is C22H12Cl2FNO3. The molecule has 0 fully saturated rings. The number of halogens is 3. The van der Waals surface area contributed by atoms with Gasteiger partial charge in [-0.2, -0.15) is 0 Å². The third-order valence-electron chi connectivity index (χ3n) is 4.32. The summed E-state index contributed by atoms with van der Waals surface area (Å²) in [5.41, 5.74) is 1.06. The van der Waals surface area contributed by atoms with Crippen LogP contribution in [0.25, 0.3) is 11.0 Å². The van der Waals surface area contributed by atoms with Crippen LogP contribution in [0.2, 0.25) is 10.0 Å². The van der Waals surface area contributed by atoms with Crippen LogP contribution in [0.5, 0.6) is 0 Å². The van der Waals surface area contributed by atoms with Crippen LogP contribution in [-0.2, 0) is 0 Å². The van der Waals surface area contributed by atoms with Crippen LogP contribution in [0.15, 0.2) is 71.1 Å². The largest absolute Gasteiger partial charge is 0.450 e. The molecule has 4 rings (SSSR count). The van der Waals surface area contributed by atoms with Crippen LogP contribution in [0, 0.1) is 5.82 Å². The van der Waals surface area contributed by atoms with Crippen LogP contribution in [-0.4, -0.2) is 11.7 Å². The first-order valence-corrected chi connectivity index (χ1v) is 9.28. The Morgan fingerprint density at radius 1 is 0.931 bits per heavy atom. The first-order valence-electron chi connectivity index (χ1n) is 8.52. The van der Waals surface area contributed by atoms with Gasteiger partial charge in [-0.15, -0.1) is 0 Å². The Bertz CT molecular complexity index is 1250. The molecule has 0 saturated carbocycles. The topological polar surface area (TPSA) is 59.3 Å². The fourth-order valence-corrected chi connectivity index (χ4v) is 3.41. The lowest BCUT2D eigenvalue weighted by Crippen LogP contribution is -2.14. The number of nitrogens with one attached hydrogen (secondary N) is 1. The summed E-state index contributed by atoms with van der Waals surface area (Å²) in [6, 6.07) is 16.5. The Kier molecular flexibility index (Phi) is 5.09. The summed E-state index contributed by atoms with van der Waals surface area (Å²) in [6.07, 6.45) is 0. The summed E-state index contributed by atoms with van der Waals surface area (Å²) in [5, 5.41) is 3.84. The molecule has 0 aliphatic rings. The van der Waals surface area contributed by atoms with Gasteiger partial charge in [0.2, 0.25) is 5.78 Å². The van der Waals surface area contributed by atoms with Gasteiger partial charge in [0.25, 0.3) is 5.91 Å². The summed E-state index contributed by atoms with van der Waals surface area (Å²) in [6.45, 7) is 0. The minimum Gasteiger partial charge on any atom is -0.450 e. The zero-order chi connectivity index (χ0) is 20.5. The van der Waals surface area contributed by atoms with Crippen molar-refractivity contribution in [3.05, 3.63) is 99.5 Å². The Labute approximate surface area is 174 Å². The Hall–Kier alpha value is -3.15. The number of hydrogen-bond acceptors (Lipinski definition) is 3. The van der Waals surface area contributed by atoms with E-state index in [1.54, 1.807) is 30.3 Å². The fraction of sp³-hybridized carbons (Fsp3) is 0. The van der Waals surface area contributed by atoms with Crippen molar-refractivity contribution in [3.63, 3.8) is 0 Å². The molecule has 144 valence electrons. The van der Waals surface area contributed by atoms with E-state index in [2.05, 4.69) is 5.32 Å². The number of carbonyl (C=O) groups excluding carboxylic acids is 2. The van der Waals surface area contributed by atoms with Crippen LogP contribution < -0.4 is 5.32 Å². The van der Waals surface area contributed by atoms with Crippen molar-refractivity contribution in [2.45, 2.75) is 0 Å². The van der Waals surface area contributed by atoms with E-state index in [1.165, 1.54) is 36.4 Å². The molecule has 7 heteroatoms. The second kappa shape index (κ2) is 7.70. The highest BCUT2D eigenvalue weighted by Crippen LogP contribution is 2.33. The highest BCUT2D eigenvalue weighted by molar-refractivity contribution is 6.37. The molecule has 0 saturated heterocycles.